The van der Waals surface area contributed by atoms with Crippen LogP contribution in [0.1, 0.15) is 32.6 Å². The van der Waals surface area contributed by atoms with E-state index in [-0.39, 0.29) is 6.42 Å². The molecule has 0 aromatic heterocycles. The summed E-state index contributed by atoms with van der Waals surface area (Å²) in [6.45, 7) is 2.04. The van der Waals surface area contributed by atoms with E-state index in [9.17, 15) is 8.78 Å². The van der Waals surface area contributed by atoms with Crippen LogP contribution < -0.4 is 0 Å². The Balaban J connectivity index is 2.53. The highest BCUT2D eigenvalue weighted by atomic mass is 19.3. The Kier molecular flexibility index (Phi) is 2.63. The van der Waals surface area contributed by atoms with Gasteiger partial charge < -0.3 is 0 Å². The number of alkyl halides is 2. The quantitative estimate of drug-likeness (QED) is 0.476. The first-order valence-electron chi connectivity index (χ1n) is 4.16. The van der Waals surface area contributed by atoms with E-state index in [4.69, 9.17) is 0 Å². The fourth-order valence-electron chi connectivity index (χ4n) is 1.30. The third kappa shape index (κ3) is 3.00. The lowest BCUT2D eigenvalue weighted by Crippen LogP contribution is -2.15. The summed E-state index contributed by atoms with van der Waals surface area (Å²) >= 11 is 0. The molecule has 1 aliphatic carbocycles. The lowest BCUT2D eigenvalue weighted by Gasteiger charge is -2.17. The molecule has 0 heterocycles. The molecule has 1 atom stereocenters. The van der Waals surface area contributed by atoms with Crippen molar-refractivity contribution in [1.82, 2.24) is 0 Å². The molecule has 1 rings (SSSR count). The predicted molar refractivity (Wildman–Crippen MR) is 41.7 cm³/mol. The fraction of sp³-hybridized carbons (Fsp3) is 0.778. The molecule has 0 saturated heterocycles. The van der Waals surface area contributed by atoms with Gasteiger partial charge in [-0.05, 0) is 31.3 Å². The Morgan fingerprint density at radius 2 is 2.09 bits per heavy atom. The highest BCUT2D eigenvalue weighted by molar-refractivity contribution is 4.96. The minimum absolute atomic E-state index is 0.0185. The number of allylic oxidation sites excluding steroid dienone is 2. The van der Waals surface area contributed by atoms with Crippen molar-refractivity contribution in [2.45, 2.75) is 38.5 Å². The highest BCUT2D eigenvalue weighted by Crippen LogP contribution is 2.28. The molecule has 0 bridgehead atoms. The van der Waals surface area contributed by atoms with Crippen LogP contribution in [0.15, 0.2) is 12.2 Å². The SMILES string of the molecule is CC1CC/C=C\C(F)(F)CC1. The fourth-order valence-corrected chi connectivity index (χ4v) is 1.30. The van der Waals surface area contributed by atoms with Gasteiger partial charge >= 0.3 is 0 Å². The molecule has 0 amide bonds. The van der Waals surface area contributed by atoms with Crippen molar-refractivity contribution in [1.29, 1.82) is 0 Å². The second-order valence-corrected chi connectivity index (χ2v) is 3.38. The zero-order valence-electron chi connectivity index (χ0n) is 6.82. The zero-order chi connectivity index (χ0) is 8.32. The summed E-state index contributed by atoms with van der Waals surface area (Å²) in [7, 11) is 0. The molecule has 0 aromatic rings. The lowest BCUT2D eigenvalue weighted by molar-refractivity contribution is 0.0369. The Morgan fingerprint density at radius 1 is 1.36 bits per heavy atom. The van der Waals surface area contributed by atoms with E-state index in [2.05, 4.69) is 0 Å². The van der Waals surface area contributed by atoms with E-state index >= 15 is 0 Å². The van der Waals surface area contributed by atoms with Gasteiger partial charge in [0.15, 0.2) is 0 Å². The summed E-state index contributed by atoms with van der Waals surface area (Å²) in [5.74, 6) is -2.10. The third-order valence-corrected chi connectivity index (χ3v) is 2.16. The maximum Gasteiger partial charge on any atom is 0.266 e. The molecule has 0 fully saturated rings. The van der Waals surface area contributed by atoms with Gasteiger partial charge in [-0.25, -0.2) is 8.78 Å². The van der Waals surface area contributed by atoms with Crippen LogP contribution in [0.4, 0.5) is 8.78 Å². The molecule has 0 aromatic carbocycles. The first kappa shape index (κ1) is 8.69. The van der Waals surface area contributed by atoms with Crippen molar-refractivity contribution in [3.05, 3.63) is 12.2 Å². The molecule has 1 unspecified atom stereocenters. The molecule has 0 nitrogen and oxygen atoms in total. The van der Waals surface area contributed by atoms with Crippen molar-refractivity contribution < 1.29 is 8.78 Å². The van der Waals surface area contributed by atoms with Gasteiger partial charge in [-0.3, -0.25) is 0 Å². The summed E-state index contributed by atoms with van der Waals surface area (Å²) in [4.78, 5) is 0. The summed E-state index contributed by atoms with van der Waals surface area (Å²) in [5.41, 5.74) is 0. The van der Waals surface area contributed by atoms with Crippen LogP contribution in [-0.2, 0) is 0 Å². The van der Waals surface area contributed by atoms with E-state index in [0.717, 1.165) is 18.9 Å². The second kappa shape index (κ2) is 3.33. The zero-order valence-corrected chi connectivity index (χ0v) is 6.82. The van der Waals surface area contributed by atoms with E-state index in [1.807, 2.05) is 6.92 Å². The van der Waals surface area contributed by atoms with Gasteiger partial charge in [0.1, 0.15) is 0 Å². The van der Waals surface area contributed by atoms with E-state index in [1.54, 1.807) is 6.08 Å². The number of hydrogen-bond acceptors (Lipinski definition) is 0. The van der Waals surface area contributed by atoms with Crippen LogP contribution in [0.2, 0.25) is 0 Å². The predicted octanol–water partition coefficient (Wildman–Crippen LogP) is 3.39. The Morgan fingerprint density at radius 3 is 2.82 bits per heavy atom. The van der Waals surface area contributed by atoms with Gasteiger partial charge in [-0.1, -0.05) is 13.0 Å². The monoisotopic (exact) mass is 160 g/mol. The van der Waals surface area contributed by atoms with Gasteiger partial charge in [-0.2, -0.15) is 0 Å². The number of rotatable bonds is 0. The molecule has 1 aliphatic rings. The number of halogens is 2. The van der Waals surface area contributed by atoms with E-state index in [0.29, 0.717) is 12.3 Å². The standard InChI is InChI=1S/C9H14F2/c1-8-4-2-3-6-9(10,11)7-5-8/h3,6,8H,2,4-5,7H2,1H3/b6-3-. The molecule has 11 heavy (non-hydrogen) atoms. The molecule has 2 heteroatoms. The van der Waals surface area contributed by atoms with Crippen molar-refractivity contribution in [3.63, 3.8) is 0 Å². The van der Waals surface area contributed by atoms with Crippen molar-refractivity contribution in [3.8, 4) is 0 Å². The lowest BCUT2D eigenvalue weighted by atomic mass is 9.94. The van der Waals surface area contributed by atoms with Gasteiger partial charge in [-0.15, -0.1) is 0 Å². The smallest absolute Gasteiger partial charge is 0.202 e. The number of hydrogen-bond donors (Lipinski definition) is 0. The third-order valence-electron chi connectivity index (χ3n) is 2.16. The first-order chi connectivity index (χ1) is 5.10. The maximum atomic E-state index is 12.7. The van der Waals surface area contributed by atoms with Crippen molar-refractivity contribution >= 4 is 0 Å². The topological polar surface area (TPSA) is 0 Å². The van der Waals surface area contributed by atoms with Crippen LogP contribution in [0, 0.1) is 5.92 Å². The van der Waals surface area contributed by atoms with Crippen LogP contribution in [0.3, 0.4) is 0 Å². The second-order valence-electron chi connectivity index (χ2n) is 3.38. The molecule has 0 aliphatic heterocycles. The van der Waals surface area contributed by atoms with Crippen molar-refractivity contribution in [2.75, 3.05) is 0 Å². The molecule has 0 spiro atoms. The molecule has 0 saturated carbocycles. The minimum Gasteiger partial charge on any atom is -0.202 e. The minimum atomic E-state index is -2.55. The van der Waals surface area contributed by atoms with E-state index in [1.165, 1.54) is 0 Å². The normalized spacial score (nSPS) is 33.9. The Bertz CT molecular complexity index is 150. The molecular weight excluding hydrogens is 146 g/mol. The summed E-state index contributed by atoms with van der Waals surface area (Å²) in [6, 6.07) is 0. The molecule has 0 N–H and O–H groups in total. The van der Waals surface area contributed by atoms with Crippen LogP contribution in [0.25, 0.3) is 0 Å². The maximum absolute atomic E-state index is 12.7. The molecule has 64 valence electrons. The molecular formula is C9H14F2. The van der Waals surface area contributed by atoms with Gasteiger partial charge in [0.2, 0.25) is 0 Å². The van der Waals surface area contributed by atoms with Gasteiger partial charge in [0.25, 0.3) is 5.92 Å². The summed E-state index contributed by atoms with van der Waals surface area (Å²) < 4.78 is 25.5. The van der Waals surface area contributed by atoms with Crippen LogP contribution in [-0.4, -0.2) is 5.92 Å². The van der Waals surface area contributed by atoms with Gasteiger partial charge in [0.05, 0.1) is 0 Å². The Hall–Kier alpha value is -0.400. The molecule has 0 radical (unpaired) electrons. The highest BCUT2D eigenvalue weighted by Gasteiger charge is 2.26. The van der Waals surface area contributed by atoms with Crippen LogP contribution in [0.5, 0.6) is 0 Å². The van der Waals surface area contributed by atoms with Crippen molar-refractivity contribution in [2.24, 2.45) is 5.92 Å². The van der Waals surface area contributed by atoms with E-state index < -0.39 is 5.92 Å². The average molecular weight is 160 g/mol. The Labute approximate surface area is 66.3 Å². The van der Waals surface area contributed by atoms with Gasteiger partial charge in [0, 0.05) is 6.42 Å². The summed E-state index contributed by atoms with van der Waals surface area (Å²) in [5, 5.41) is 0. The van der Waals surface area contributed by atoms with Crippen LogP contribution >= 0.6 is 0 Å². The summed E-state index contributed by atoms with van der Waals surface area (Å²) in [6.07, 6.45) is 5.18. The first-order valence-corrected chi connectivity index (χ1v) is 4.16. The largest absolute Gasteiger partial charge is 0.266 e. The average Bonchev–Trinajstić information content (AvgIpc) is 1.92.